The van der Waals surface area contributed by atoms with Crippen LogP contribution in [0, 0.1) is 5.41 Å². The molecule has 0 saturated carbocycles. The number of carbonyl (C=O) groups excluding carboxylic acids is 1. The normalized spacial score (nSPS) is 10.2. The Bertz CT molecular complexity index is 590. The van der Waals surface area contributed by atoms with Gasteiger partial charge in [0.15, 0.2) is 0 Å². The Kier molecular flexibility index (Phi) is 2.32. The average Bonchev–Trinajstić information content (AvgIpc) is 2.27. The van der Waals surface area contributed by atoms with Crippen LogP contribution in [-0.2, 0) is 0 Å². The topological polar surface area (TPSA) is 93.0 Å². The molecule has 0 aliphatic carbocycles. The lowest BCUT2D eigenvalue weighted by atomic mass is 10.0. The molecule has 5 N–H and O–H groups in total. The van der Waals surface area contributed by atoms with Crippen LogP contribution in [0.4, 0.5) is 0 Å². The molecule has 2 aromatic carbocycles. The standard InChI is InChI=1S/C12H11N3O/c13-11(14)8-5-4-7-2-1-3-9(12(15)16)10(7)6-8/h1-6H,(H3,13,14)(H2,15,16). The SMILES string of the molecule is N=C(N)c1ccc2cccc(C(N)=O)c2c1. The van der Waals surface area contributed by atoms with Gasteiger partial charge in [0.05, 0.1) is 0 Å². The molecule has 0 atom stereocenters. The van der Waals surface area contributed by atoms with Gasteiger partial charge in [-0.05, 0) is 22.9 Å². The molecular weight excluding hydrogens is 202 g/mol. The number of fused-ring (bicyclic) bond motifs is 1. The van der Waals surface area contributed by atoms with Crippen LogP contribution in [0.15, 0.2) is 36.4 Å². The molecule has 16 heavy (non-hydrogen) atoms. The van der Waals surface area contributed by atoms with E-state index in [9.17, 15) is 4.79 Å². The number of hydrogen-bond acceptors (Lipinski definition) is 2. The predicted octanol–water partition coefficient (Wildman–Crippen LogP) is 1.22. The van der Waals surface area contributed by atoms with Crippen molar-refractivity contribution in [1.82, 2.24) is 0 Å². The maximum atomic E-state index is 11.2. The highest BCUT2D eigenvalue weighted by molar-refractivity contribution is 6.08. The first-order valence-corrected chi connectivity index (χ1v) is 4.76. The van der Waals surface area contributed by atoms with E-state index in [1.54, 1.807) is 24.3 Å². The summed E-state index contributed by atoms with van der Waals surface area (Å²) in [4.78, 5) is 11.2. The lowest BCUT2D eigenvalue weighted by Gasteiger charge is -2.05. The second-order valence-electron chi connectivity index (χ2n) is 3.52. The van der Waals surface area contributed by atoms with E-state index in [0.29, 0.717) is 11.1 Å². The highest BCUT2D eigenvalue weighted by Gasteiger charge is 2.07. The van der Waals surface area contributed by atoms with Crippen LogP contribution in [0.1, 0.15) is 15.9 Å². The number of benzene rings is 2. The van der Waals surface area contributed by atoms with Crippen molar-refractivity contribution in [3.05, 3.63) is 47.5 Å². The van der Waals surface area contributed by atoms with E-state index < -0.39 is 5.91 Å². The number of carbonyl (C=O) groups is 1. The van der Waals surface area contributed by atoms with Gasteiger partial charge in [-0.25, -0.2) is 0 Å². The summed E-state index contributed by atoms with van der Waals surface area (Å²) in [5.74, 6) is -0.507. The van der Waals surface area contributed by atoms with Crippen molar-refractivity contribution in [2.24, 2.45) is 11.5 Å². The van der Waals surface area contributed by atoms with Crippen LogP contribution in [0.2, 0.25) is 0 Å². The first-order valence-electron chi connectivity index (χ1n) is 4.76. The van der Waals surface area contributed by atoms with E-state index in [0.717, 1.165) is 10.8 Å². The molecule has 0 spiro atoms. The third kappa shape index (κ3) is 1.61. The van der Waals surface area contributed by atoms with Gasteiger partial charge in [0.25, 0.3) is 0 Å². The van der Waals surface area contributed by atoms with Gasteiger partial charge in [-0.15, -0.1) is 0 Å². The molecule has 0 unspecified atom stereocenters. The van der Waals surface area contributed by atoms with Gasteiger partial charge < -0.3 is 11.5 Å². The van der Waals surface area contributed by atoms with Crippen LogP contribution < -0.4 is 11.5 Å². The minimum Gasteiger partial charge on any atom is -0.384 e. The van der Waals surface area contributed by atoms with Crippen LogP contribution >= 0.6 is 0 Å². The Hall–Kier alpha value is -2.36. The maximum Gasteiger partial charge on any atom is 0.249 e. The van der Waals surface area contributed by atoms with Crippen molar-refractivity contribution in [3.63, 3.8) is 0 Å². The quantitative estimate of drug-likeness (QED) is 0.517. The summed E-state index contributed by atoms with van der Waals surface area (Å²) in [6.45, 7) is 0. The molecule has 4 nitrogen and oxygen atoms in total. The molecule has 0 aliphatic rings. The number of nitrogens with one attached hydrogen (secondary N) is 1. The van der Waals surface area contributed by atoms with Crippen molar-refractivity contribution in [2.45, 2.75) is 0 Å². The van der Waals surface area contributed by atoms with E-state index >= 15 is 0 Å². The van der Waals surface area contributed by atoms with Gasteiger partial charge in [0, 0.05) is 11.1 Å². The van der Waals surface area contributed by atoms with Gasteiger partial charge in [0.2, 0.25) is 5.91 Å². The van der Waals surface area contributed by atoms with Crippen molar-refractivity contribution < 1.29 is 4.79 Å². The largest absolute Gasteiger partial charge is 0.384 e. The molecule has 2 aromatic rings. The van der Waals surface area contributed by atoms with Crippen molar-refractivity contribution >= 4 is 22.5 Å². The molecule has 0 aliphatic heterocycles. The average molecular weight is 213 g/mol. The van der Waals surface area contributed by atoms with Crippen molar-refractivity contribution in [2.75, 3.05) is 0 Å². The molecule has 1 amide bonds. The van der Waals surface area contributed by atoms with E-state index in [1.165, 1.54) is 0 Å². The first kappa shape index (κ1) is 10.2. The van der Waals surface area contributed by atoms with Crippen LogP contribution in [0.5, 0.6) is 0 Å². The van der Waals surface area contributed by atoms with Crippen LogP contribution in [-0.4, -0.2) is 11.7 Å². The zero-order valence-electron chi connectivity index (χ0n) is 8.53. The van der Waals surface area contributed by atoms with Gasteiger partial charge in [-0.3, -0.25) is 10.2 Å². The van der Waals surface area contributed by atoms with Crippen LogP contribution in [0.25, 0.3) is 10.8 Å². The fourth-order valence-electron chi connectivity index (χ4n) is 1.66. The molecule has 80 valence electrons. The molecule has 0 bridgehead atoms. The number of nitrogens with two attached hydrogens (primary N) is 2. The number of amidine groups is 1. The third-order valence-electron chi connectivity index (χ3n) is 2.46. The number of primary amides is 1. The Labute approximate surface area is 92.4 Å². The van der Waals surface area contributed by atoms with Gasteiger partial charge in [0.1, 0.15) is 5.84 Å². The molecule has 0 saturated heterocycles. The summed E-state index contributed by atoms with van der Waals surface area (Å²) < 4.78 is 0. The molecule has 4 heteroatoms. The van der Waals surface area contributed by atoms with E-state index in [1.807, 2.05) is 12.1 Å². The highest BCUT2D eigenvalue weighted by atomic mass is 16.1. The van der Waals surface area contributed by atoms with Gasteiger partial charge in [-0.2, -0.15) is 0 Å². The lowest BCUT2D eigenvalue weighted by molar-refractivity contribution is 0.100. The summed E-state index contributed by atoms with van der Waals surface area (Å²) in [7, 11) is 0. The zero-order valence-corrected chi connectivity index (χ0v) is 8.53. The van der Waals surface area contributed by atoms with Crippen LogP contribution in [0.3, 0.4) is 0 Å². The minimum atomic E-state index is -0.480. The van der Waals surface area contributed by atoms with E-state index in [2.05, 4.69) is 0 Å². The highest BCUT2D eigenvalue weighted by Crippen LogP contribution is 2.20. The zero-order chi connectivity index (χ0) is 11.7. The van der Waals surface area contributed by atoms with E-state index in [-0.39, 0.29) is 5.84 Å². The molecular formula is C12H11N3O. The number of hydrogen-bond donors (Lipinski definition) is 3. The van der Waals surface area contributed by atoms with Crippen molar-refractivity contribution in [3.8, 4) is 0 Å². The molecule has 0 radical (unpaired) electrons. The smallest absolute Gasteiger partial charge is 0.249 e. The molecule has 0 heterocycles. The second-order valence-corrected chi connectivity index (χ2v) is 3.52. The Morgan fingerprint density at radius 2 is 1.88 bits per heavy atom. The molecule has 0 fully saturated rings. The number of nitrogen functional groups attached to an aromatic ring is 1. The Morgan fingerprint density at radius 3 is 2.50 bits per heavy atom. The summed E-state index contributed by atoms with van der Waals surface area (Å²) in [5.41, 5.74) is 11.7. The van der Waals surface area contributed by atoms with Gasteiger partial charge in [-0.1, -0.05) is 24.3 Å². The number of amides is 1. The fourth-order valence-corrected chi connectivity index (χ4v) is 1.66. The first-order chi connectivity index (χ1) is 7.59. The summed E-state index contributed by atoms with van der Waals surface area (Å²) >= 11 is 0. The fraction of sp³-hybridized carbons (Fsp3) is 0. The van der Waals surface area contributed by atoms with Gasteiger partial charge >= 0.3 is 0 Å². The summed E-state index contributed by atoms with van der Waals surface area (Å²) in [6, 6.07) is 10.6. The molecule has 2 rings (SSSR count). The van der Waals surface area contributed by atoms with E-state index in [4.69, 9.17) is 16.9 Å². The van der Waals surface area contributed by atoms with Crippen molar-refractivity contribution in [1.29, 1.82) is 5.41 Å². The Balaban J connectivity index is 2.78. The summed E-state index contributed by atoms with van der Waals surface area (Å²) in [6.07, 6.45) is 0. The minimum absolute atomic E-state index is 0.0267. The predicted molar refractivity (Wildman–Crippen MR) is 63.5 cm³/mol. The lowest BCUT2D eigenvalue weighted by Crippen LogP contribution is -2.13. The monoisotopic (exact) mass is 213 g/mol. The molecule has 0 aromatic heterocycles. The third-order valence-corrected chi connectivity index (χ3v) is 2.46. The maximum absolute atomic E-state index is 11.2. The Morgan fingerprint density at radius 1 is 1.12 bits per heavy atom. The second kappa shape index (κ2) is 3.66. The number of rotatable bonds is 2. The summed E-state index contributed by atoms with van der Waals surface area (Å²) in [5, 5.41) is 8.98.